The van der Waals surface area contributed by atoms with Crippen molar-refractivity contribution in [3.63, 3.8) is 0 Å². The van der Waals surface area contributed by atoms with Gasteiger partial charge in [0, 0.05) is 37.8 Å². The molecule has 0 unspecified atom stereocenters. The molecule has 0 radical (unpaired) electrons. The number of nitrogens with one attached hydrogen (secondary N) is 1. The monoisotopic (exact) mass is 413 g/mol. The third kappa shape index (κ3) is 4.19. The SMILES string of the molecule is Cn1ccnc1[C@@H](NC(=O)Cc1csc(N2CCCC2=O)n1)c1ccc(F)cc1. The van der Waals surface area contributed by atoms with Crippen molar-refractivity contribution in [1.82, 2.24) is 19.9 Å². The Morgan fingerprint density at radius 3 is 2.79 bits per heavy atom. The van der Waals surface area contributed by atoms with Gasteiger partial charge in [-0.2, -0.15) is 0 Å². The average Bonchev–Trinajstić information content (AvgIpc) is 3.42. The lowest BCUT2D eigenvalue weighted by atomic mass is 10.1. The van der Waals surface area contributed by atoms with E-state index in [0.717, 1.165) is 12.0 Å². The minimum absolute atomic E-state index is 0.0708. The van der Waals surface area contributed by atoms with Gasteiger partial charge in [-0.1, -0.05) is 12.1 Å². The second-order valence-electron chi connectivity index (χ2n) is 6.90. The molecule has 1 saturated heterocycles. The molecular formula is C20H20FN5O2S. The van der Waals surface area contributed by atoms with Crippen LogP contribution in [0.15, 0.2) is 42.0 Å². The maximum absolute atomic E-state index is 13.3. The number of anilines is 1. The number of carbonyl (C=O) groups is 2. The highest BCUT2D eigenvalue weighted by Crippen LogP contribution is 2.26. The van der Waals surface area contributed by atoms with Crippen molar-refractivity contribution < 1.29 is 14.0 Å². The predicted octanol–water partition coefficient (Wildman–Crippen LogP) is 2.59. The van der Waals surface area contributed by atoms with Crippen LogP contribution in [-0.4, -0.2) is 32.9 Å². The number of benzene rings is 1. The highest BCUT2D eigenvalue weighted by molar-refractivity contribution is 7.14. The Morgan fingerprint density at radius 1 is 1.34 bits per heavy atom. The molecule has 0 aliphatic carbocycles. The van der Waals surface area contributed by atoms with E-state index in [0.29, 0.717) is 29.6 Å². The molecule has 1 aliphatic heterocycles. The number of carbonyl (C=O) groups excluding carboxylic acids is 2. The first-order valence-electron chi connectivity index (χ1n) is 9.28. The fraction of sp³-hybridized carbons (Fsp3) is 0.300. The number of aryl methyl sites for hydroxylation is 1. The number of hydrogen-bond donors (Lipinski definition) is 1. The summed E-state index contributed by atoms with van der Waals surface area (Å²) in [5.41, 5.74) is 1.34. The summed E-state index contributed by atoms with van der Waals surface area (Å²) >= 11 is 1.37. The molecule has 0 spiro atoms. The fourth-order valence-corrected chi connectivity index (χ4v) is 4.20. The molecule has 150 valence electrons. The predicted molar refractivity (Wildman–Crippen MR) is 107 cm³/mol. The van der Waals surface area contributed by atoms with E-state index in [9.17, 15) is 14.0 Å². The van der Waals surface area contributed by atoms with Gasteiger partial charge in [0.05, 0.1) is 12.1 Å². The van der Waals surface area contributed by atoms with E-state index in [1.807, 2.05) is 11.6 Å². The first-order valence-corrected chi connectivity index (χ1v) is 10.2. The lowest BCUT2D eigenvalue weighted by Crippen LogP contribution is -2.32. The van der Waals surface area contributed by atoms with E-state index < -0.39 is 6.04 Å². The highest BCUT2D eigenvalue weighted by atomic mass is 32.1. The first kappa shape index (κ1) is 19.3. The minimum atomic E-state index is -0.513. The van der Waals surface area contributed by atoms with Gasteiger partial charge in [-0.05, 0) is 24.1 Å². The Bertz CT molecular complexity index is 1030. The summed E-state index contributed by atoms with van der Waals surface area (Å²) in [6, 6.07) is 5.47. The molecule has 3 aromatic rings. The molecule has 9 heteroatoms. The third-order valence-corrected chi connectivity index (χ3v) is 5.72. The van der Waals surface area contributed by atoms with Gasteiger partial charge < -0.3 is 9.88 Å². The molecule has 29 heavy (non-hydrogen) atoms. The summed E-state index contributed by atoms with van der Waals surface area (Å²) in [5.74, 6) is 0.144. The van der Waals surface area contributed by atoms with Gasteiger partial charge in [0.25, 0.3) is 0 Å². The number of nitrogens with zero attached hydrogens (tertiary/aromatic N) is 4. The summed E-state index contributed by atoms with van der Waals surface area (Å²) in [6.45, 7) is 0.670. The summed E-state index contributed by atoms with van der Waals surface area (Å²) in [7, 11) is 1.84. The molecule has 1 fully saturated rings. The smallest absolute Gasteiger partial charge is 0.228 e. The lowest BCUT2D eigenvalue weighted by molar-refractivity contribution is -0.121. The molecule has 4 rings (SSSR count). The van der Waals surface area contributed by atoms with Gasteiger partial charge in [-0.3, -0.25) is 14.5 Å². The van der Waals surface area contributed by atoms with Crippen LogP contribution >= 0.6 is 11.3 Å². The summed E-state index contributed by atoms with van der Waals surface area (Å²) in [6.07, 6.45) is 4.89. The zero-order chi connectivity index (χ0) is 20.4. The Hall–Kier alpha value is -3.07. The van der Waals surface area contributed by atoms with E-state index in [4.69, 9.17) is 0 Å². The Labute approximate surface area is 171 Å². The molecular weight excluding hydrogens is 393 g/mol. The van der Waals surface area contributed by atoms with Gasteiger partial charge >= 0.3 is 0 Å². The van der Waals surface area contributed by atoms with Crippen molar-refractivity contribution in [1.29, 1.82) is 0 Å². The number of amides is 2. The molecule has 1 aliphatic rings. The summed E-state index contributed by atoms with van der Waals surface area (Å²) < 4.78 is 15.2. The van der Waals surface area contributed by atoms with Crippen LogP contribution in [0.3, 0.4) is 0 Å². The Kier molecular flexibility index (Phi) is 5.39. The molecule has 2 aromatic heterocycles. The van der Waals surface area contributed by atoms with Crippen LogP contribution in [-0.2, 0) is 23.1 Å². The number of imidazole rings is 1. The van der Waals surface area contributed by atoms with Crippen molar-refractivity contribution in [2.45, 2.75) is 25.3 Å². The zero-order valence-electron chi connectivity index (χ0n) is 15.8. The maximum atomic E-state index is 13.3. The van der Waals surface area contributed by atoms with Crippen molar-refractivity contribution in [3.8, 4) is 0 Å². The highest BCUT2D eigenvalue weighted by Gasteiger charge is 2.25. The van der Waals surface area contributed by atoms with Gasteiger partial charge in [0.15, 0.2) is 5.13 Å². The molecule has 1 atom stereocenters. The number of hydrogen-bond acceptors (Lipinski definition) is 5. The second kappa shape index (κ2) is 8.12. The number of aromatic nitrogens is 3. The number of halogens is 1. The zero-order valence-corrected chi connectivity index (χ0v) is 16.7. The summed E-state index contributed by atoms with van der Waals surface area (Å²) in [4.78, 5) is 35.1. The fourth-order valence-electron chi connectivity index (χ4n) is 3.34. The molecule has 7 nitrogen and oxygen atoms in total. The first-order chi connectivity index (χ1) is 14.0. The van der Waals surface area contributed by atoms with Crippen molar-refractivity contribution in [2.75, 3.05) is 11.4 Å². The topological polar surface area (TPSA) is 80.1 Å². The summed E-state index contributed by atoms with van der Waals surface area (Å²) in [5, 5.41) is 5.41. The van der Waals surface area contributed by atoms with Crippen LogP contribution < -0.4 is 10.2 Å². The Morgan fingerprint density at radius 2 is 2.14 bits per heavy atom. The van der Waals surface area contributed by atoms with Crippen molar-refractivity contribution in [3.05, 3.63) is 64.9 Å². The van der Waals surface area contributed by atoms with E-state index in [1.165, 1.54) is 23.5 Å². The third-order valence-electron chi connectivity index (χ3n) is 4.81. The van der Waals surface area contributed by atoms with Crippen LogP contribution in [0.4, 0.5) is 9.52 Å². The number of rotatable bonds is 6. The minimum Gasteiger partial charge on any atom is -0.342 e. The van der Waals surface area contributed by atoms with E-state index in [-0.39, 0.29) is 24.1 Å². The van der Waals surface area contributed by atoms with E-state index >= 15 is 0 Å². The molecule has 0 saturated carbocycles. The second-order valence-corrected chi connectivity index (χ2v) is 7.73. The van der Waals surface area contributed by atoms with Gasteiger partial charge in [0.2, 0.25) is 11.8 Å². The van der Waals surface area contributed by atoms with Crippen LogP contribution in [0.2, 0.25) is 0 Å². The lowest BCUT2D eigenvalue weighted by Gasteiger charge is -2.19. The number of thiazole rings is 1. The van der Waals surface area contributed by atoms with Crippen LogP contribution in [0, 0.1) is 5.82 Å². The van der Waals surface area contributed by atoms with Crippen LogP contribution in [0.25, 0.3) is 0 Å². The van der Waals surface area contributed by atoms with Gasteiger partial charge in [0.1, 0.15) is 17.7 Å². The quantitative estimate of drug-likeness (QED) is 0.674. The van der Waals surface area contributed by atoms with E-state index in [1.54, 1.807) is 34.8 Å². The normalized spacial score (nSPS) is 15.0. The maximum Gasteiger partial charge on any atom is 0.228 e. The van der Waals surface area contributed by atoms with Gasteiger partial charge in [-0.25, -0.2) is 14.4 Å². The van der Waals surface area contributed by atoms with E-state index in [2.05, 4.69) is 15.3 Å². The molecule has 0 bridgehead atoms. The molecule has 1 aromatic carbocycles. The Balaban J connectivity index is 1.50. The average molecular weight is 413 g/mol. The molecule has 1 N–H and O–H groups in total. The van der Waals surface area contributed by atoms with Crippen molar-refractivity contribution in [2.24, 2.45) is 7.05 Å². The van der Waals surface area contributed by atoms with Crippen LogP contribution in [0.1, 0.15) is 36.0 Å². The molecule has 2 amide bonds. The molecule has 3 heterocycles. The van der Waals surface area contributed by atoms with Crippen LogP contribution in [0.5, 0.6) is 0 Å². The van der Waals surface area contributed by atoms with Crippen molar-refractivity contribution >= 4 is 28.3 Å². The van der Waals surface area contributed by atoms with Gasteiger partial charge in [-0.15, -0.1) is 11.3 Å². The standard InChI is InChI=1S/C20H20FN5O2S/c1-25-10-8-22-19(25)18(13-4-6-14(21)7-5-13)24-16(27)11-15-12-29-20(23-15)26-9-2-3-17(26)28/h4-8,10,12,18H,2-3,9,11H2,1H3,(H,24,27)/t18-/m0/s1. The largest absolute Gasteiger partial charge is 0.342 e.